The summed E-state index contributed by atoms with van der Waals surface area (Å²) in [6.07, 6.45) is 18.5. The molecule has 0 heterocycles. The molecule has 118 valence electrons. The molecule has 2 fully saturated rings. The Balaban J connectivity index is 1.68. The van der Waals surface area contributed by atoms with Gasteiger partial charge in [0.15, 0.2) is 0 Å². The molecule has 0 amide bonds. The highest BCUT2D eigenvalue weighted by Gasteiger charge is 2.56. The molecule has 0 aromatic carbocycles. The van der Waals surface area contributed by atoms with E-state index < -0.39 is 0 Å². The topological polar surface area (TPSA) is 20.2 Å². The van der Waals surface area contributed by atoms with Crippen LogP contribution in [0.3, 0.4) is 0 Å². The summed E-state index contributed by atoms with van der Waals surface area (Å²) in [5, 5.41) is 10.0. The third-order valence-corrected chi connectivity index (χ3v) is 7.83. The maximum Gasteiger partial charge on any atom is 0.0724 e. The van der Waals surface area contributed by atoms with Crippen LogP contribution in [0.25, 0.3) is 0 Å². The lowest BCUT2D eigenvalue weighted by Crippen LogP contribution is -2.50. The van der Waals surface area contributed by atoms with Crippen LogP contribution in [-0.4, -0.2) is 11.2 Å². The monoisotopic (exact) mass is 296 g/mol. The minimum atomic E-state index is -0.199. The summed E-state index contributed by atoms with van der Waals surface area (Å²) in [7, 11) is 0. The lowest BCUT2D eigenvalue weighted by molar-refractivity contribution is -0.0328. The van der Waals surface area contributed by atoms with Gasteiger partial charge in [-0.15, -0.1) is 6.42 Å². The SMILES string of the molecule is C#CC1=CCC2C3CCC4=CC(O)CCC4(C)C3CCC12C. The Bertz CT molecular complexity index is 592. The molecule has 0 aromatic rings. The van der Waals surface area contributed by atoms with Crippen molar-refractivity contribution in [1.82, 2.24) is 0 Å². The molecule has 1 nitrogen and oxygen atoms in total. The van der Waals surface area contributed by atoms with E-state index in [1.807, 2.05) is 0 Å². The van der Waals surface area contributed by atoms with Gasteiger partial charge in [0.2, 0.25) is 0 Å². The fourth-order valence-corrected chi connectivity index (χ4v) is 6.50. The molecule has 4 aliphatic rings. The molecule has 6 unspecified atom stereocenters. The van der Waals surface area contributed by atoms with Crippen LogP contribution in [0.1, 0.15) is 58.8 Å². The van der Waals surface area contributed by atoms with Crippen molar-refractivity contribution in [2.45, 2.75) is 64.9 Å². The van der Waals surface area contributed by atoms with E-state index in [-0.39, 0.29) is 11.5 Å². The van der Waals surface area contributed by atoms with Crippen LogP contribution in [0, 0.1) is 40.9 Å². The van der Waals surface area contributed by atoms with Gasteiger partial charge >= 0.3 is 0 Å². The summed E-state index contributed by atoms with van der Waals surface area (Å²) >= 11 is 0. The zero-order valence-electron chi connectivity index (χ0n) is 13.9. The Kier molecular flexibility index (Phi) is 3.15. The summed E-state index contributed by atoms with van der Waals surface area (Å²) in [5.74, 6) is 5.35. The van der Waals surface area contributed by atoms with E-state index in [1.165, 1.54) is 44.1 Å². The highest BCUT2D eigenvalue weighted by atomic mass is 16.3. The number of aliphatic hydroxyl groups excluding tert-OH is 1. The summed E-state index contributed by atoms with van der Waals surface area (Å²) in [5.41, 5.74) is 3.44. The van der Waals surface area contributed by atoms with Crippen LogP contribution < -0.4 is 0 Å². The first-order valence-electron chi connectivity index (χ1n) is 9.05. The van der Waals surface area contributed by atoms with Gasteiger partial charge in [-0.05, 0) is 68.1 Å². The Morgan fingerprint density at radius 1 is 1.14 bits per heavy atom. The molecule has 0 aromatic heterocycles. The molecule has 1 N–H and O–H groups in total. The van der Waals surface area contributed by atoms with Crippen LogP contribution in [0.4, 0.5) is 0 Å². The predicted molar refractivity (Wildman–Crippen MR) is 90.0 cm³/mol. The fraction of sp³-hybridized carbons (Fsp3) is 0.714. The van der Waals surface area contributed by atoms with E-state index in [1.54, 1.807) is 5.57 Å². The maximum absolute atomic E-state index is 10.0. The highest BCUT2D eigenvalue weighted by Crippen LogP contribution is 2.65. The molecule has 0 aliphatic heterocycles. The minimum Gasteiger partial charge on any atom is -0.389 e. The lowest BCUT2D eigenvalue weighted by atomic mass is 9.47. The second-order valence-corrected chi connectivity index (χ2v) is 8.58. The molecular weight excluding hydrogens is 268 g/mol. The average molecular weight is 296 g/mol. The van der Waals surface area contributed by atoms with Gasteiger partial charge in [-0.1, -0.05) is 37.5 Å². The van der Waals surface area contributed by atoms with Crippen molar-refractivity contribution in [3.05, 3.63) is 23.3 Å². The van der Waals surface area contributed by atoms with Crippen LogP contribution >= 0.6 is 0 Å². The standard InChI is InChI=1S/C21H28O/c1-4-14-6-8-18-17-7-5-15-13-16(22)9-11-21(15,3)19(17)10-12-20(14,18)2/h1,6,13,16-19,22H,5,7-12H2,2-3H3. The molecule has 22 heavy (non-hydrogen) atoms. The normalized spacial score (nSPS) is 50.1. The number of rotatable bonds is 0. The van der Waals surface area contributed by atoms with Crippen molar-refractivity contribution in [1.29, 1.82) is 0 Å². The molecule has 4 rings (SSSR count). The van der Waals surface area contributed by atoms with Gasteiger partial charge in [-0.2, -0.15) is 0 Å². The van der Waals surface area contributed by atoms with Crippen LogP contribution in [0.2, 0.25) is 0 Å². The number of fused-ring (bicyclic) bond motifs is 5. The second-order valence-electron chi connectivity index (χ2n) is 8.58. The van der Waals surface area contributed by atoms with E-state index in [0.717, 1.165) is 24.2 Å². The van der Waals surface area contributed by atoms with E-state index in [9.17, 15) is 5.11 Å². The van der Waals surface area contributed by atoms with Crippen molar-refractivity contribution >= 4 is 0 Å². The number of aliphatic hydroxyl groups is 1. The zero-order chi connectivity index (χ0) is 15.5. The molecule has 0 bridgehead atoms. The summed E-state index contributed by atoms with van der Waals surface area (Å²) < 4.78 is 0. The predicted octanol–water partition coefficient (Wildman–Crippen LogP) is 4.48. The molecule has 0 saturated heterocycles. The van der Waals surface area contributed by atoms with Gasteiger partial charge in [-0.25, -0.2) is 0 Å². The Morgan fingerprint density at radius 3 is 2.68 bits per heavy atom. The summed E-state index contributed by atoms with van der Waals surface area (Å²) in [4.78, 5) is 0. The van der Waals surface area contributed by atoms with Gasteiger partial charge in [-0.3, -0.25) is 0 Å². The number of allylic oxidation sites excluding steroid dienone is 3. The van der Waals surface area contributed by atoms with Gasteiger partial charge in [0.1, 0.15) is 0 Å². The molecule has 4 aliphatic carbocycles. The van der Waals surface area contributed by atoms with E-state index in [2.05, 4.69) is 31.9 Å². The van der Waals surface area contributed by atoms with Crippen molar-refractivity contribution in [2.24, 2.45) is 28.6 Å². The van der Waals surface area contributed by atoms with Crippen LogP contribution in [0.15, 0.2) is 23.3 Å². The van der Waals surface area contributed by atoms with Crippen molar-refractivity contribution in [3.63, 3.8) is 0 Å². The van der Waals surface area contributed by atoms with Crippen LogP contribution in [0.5, 0.6) is 0 Å². The second kappa shape index (κ2) is 4.75. The molecule has 1 heteroatoms. The van der Waals surface area contributed by atoms with Gasteiger partial charge in [0.05, 0.1) is 6.10 Å². The maximum atomic E-state index is 10.0. The Labute approximate surface area is 134 Å². The van der Waals surface area contributed by atoms with Crippen molar-refractivity contribution in [2.75, 3.05) is 0 Å². The molecular formula is C21H28O. The average Bonchev–Trinajstić information content (AvgIpc) is 2.84. The summed E-state index contributed by atoms with van der Waals surface area (Å²) in [6, 6.07) is 0. The largest absolute Gasteiger partial charge is 0.389 e. The van der Waals surface area contributed by atoms with Crippen LogP contribution in [-0.2, 0) is 0 Å². The first-order chi connectivity index (χ1) is 10.5. The van der Waals surface area contributed by atoms with Crippen molar-refractivity contribution in [3.8, 4) is 12.3 Å². The van der Waals surface area contributed by atoms with Gasteiger partial charge < -0.3 is 5.11 Å². The number of hydrogen-bond acceptors (Lipinski definition) is 1. The first kappa shape index (κ1) is 14.6. The zero-order valence-corrected chi connectivity index (χ0v) is 13.9. The van der Waals surface area contributed by atoms with E-state index in [0.29, 0.717) is 5.41 Å². The first-order valence-corrected chi connectivity index (χ1v) is 9.05. The third-order valence-electron chi connectivity index (χ3n) is 7.83. The Morgan fingerprint density at radius 2 is 1.91 bits per heavy atom. The minimum absolute atomic E-state index is 0.199. The van der Waals surface area contributed by atoms with Gasteiger partial charge in [0.25, 0.3) is 0 Å². The molecule has 6 atom stereocenters. The molecule has 2 saturated carbocycles. The number of hydrogen-bond donors (Lipinski definition) is 1. The van der Waals surface area contributed by atoms with Crippen molar-refractivity contribution < 1.29 is 5.11 Å². The third kappa shape index (κ3) is 1.77. The molecule has 0 spiro atoms. The smallest absolute Gasteiger partial charge is 0.0724 e. The van der Waals surface area contributed by atoms with E-state index >= 15 is 0 Å². The summed E-state index contributed by atoms with van der Waals surface area (Å²) in [6.45, 7) is 4.90. The molecule has 0 radical (unpaired) electrons. The number of terminal acetylenes is 1. The fourth-order valence-electron chi connectivity index (χ4n) is 6.50. The lowest BCUT2D eigenvalue weighted by Gasteiger charge is -2.58. The van der Waals surface area contributed by atoms with Gasteiger partial charge in [0, 0.05) is 11.0 Å². The van der Waals surface area contributed by atoms with E-state index in [4.69, 9.17) is 6.42 Å². The highest BCUT2D eigenvalue weighted by molar-refractivity contribution is 5.39. The quantitative estimate of drug-likeness (QED) is 0.516. The Hall–Kier alpha value is -1.00.